The standard InChI is InChI=1S/C17H26N2O5S/c1-5-19(6-2)17(20)16(12(3)4)18-25(21,22)13-7-8-14-15(11-13)24-10-9-23-14/h7-8,11-12,16,18H,5-6,9-10H2,1-4H3/t16-/m0/s1. The van der Waals surface area contributed by atoms with Crippen LogP contribution < -0.4 is 14.2 Å². The van der Waals surface area contributed by atoms with E-state index in [0.717, 1.165) is 0 Å². The first-order chi connectivity index (χ1) is 11.8. The van der Waals surface area contributed by atoms with Gasteiger partial charge in [0.05, 0.1) is 4.90 Å². The topological polar surface area (TPSA) is 84.9 Å². The third kappa shape index (κ3) is 4.43. The number of likely N-dealkylation sites (N-methyl/N-ethyl adjacent to an activating group) is 1. The zero-order chi connectivity index (χ0) is 18.6. The van der Waals surface area contributed by atoms with E-state index in [9.17, 15) is 13.2 Å². The molecule has 0 aliphatic carbocycles. The highest BCUT2D eigenvalue weighted by Gasteiger charge is 2.31. The van der Waals surface area contributed by atoms with Crippen LogP contribution in [0.2, 0.25) is 0 Å². The van der Waals surface area contributed by atoms with E-state index in [1.165, 1.54) is 12.1 Å². The highest BCUT2D eigenvalue weighted by Crippen LogP contribution is 2.32. The summed E-state index contributed by atoms with van der Waals surface area (Å²) in [5.74, 6) is 0.510. The SMILES string of the molecule is CCN(CC)C(=O)[C@@H](NS(=O)(=O)c1ccc2c(c1)OCCO2)C(C)C. The van der Waals surface area contributed by atoms with Crippen LogP contribution >= 0.6 is 0 Å². The second kappa shape index (κ2) is 8.05. The molecule has 1 aromatic rings. The van der Waals surface area contributed by atoms with Crippen LogP contribution in [-0.4, -0.2) is 51.6 Å². The van der Waals surface area contributed by atoms with E-state index >= 15 is 0 Å². The van der Waals surface area contributed by atoms with Crippen LogP contribution in [0.1, 0.15) is 27.7 Å². The number of sulfonamides is 1. The summed E-state index contributed by atoms with van der Waals surface area (Å²) in [7, 11) is -3.87. The average Bonchev–Trinajstić information content (AvgIpc) is 2.60. The molecule has 1 N–H and O–H groups in total. The predicted octanol–water partition coefficient (Wildman–Crippen LogP) is 1.63. The molecular weight excluding hydrogens is 344 g/mol. The molecule has 25 heavy (non-hydrogen) atoms. The fourth-order valence-electron chi connectivity index (χ4n) is 2.63. The van der Waals surface area contributed by atoms with Crippen LogP contribution in [0.25, 0.3) is 0 Å². The number of hydrogen-bond acceptors (Lipinski definition) is 5. The van der Waals surface area contributed by atoms with Gasteiger partial charge in [-0.2, -0.15) is 4.72 Å². The molecule has 1 heterocycles. The number of ether oxygens (including phenoxy) is 2. The summed E-state index contributed by atoms with van der Waals surface area (Å²) in [6, 6.07) is 3.63. The van der Waals surface area contributed by atoms with Crippen molar-refractivity contribution in [3.8, 4) is 11.5 Å². The molecule has 7 nitrogen and oxygen atoms in total. The number of carbonyl (C=O) groups excluding carboxylic acids is 1. The van der Waals surface area contributed by atoms with Crippen molar-refractivity contribution in [1.29, 1.82) is 0 Å². The molecule has 0 aromatic heterocycles. The number of nitrogens with one attached hydrogen (secondary N) is 1. The molecule has 0 saturated heterocycles. The average molecular weight is 370 g/mol. The zero-order valence-corrected chi connectivity index (χ0v) is 15.9. The zero-order valence-electron chi connectivity index (χ0n) is 15.1. The molecule has 0 unspecified atom stereocenters. The van der Waals surface area contributed by atoms with Gasteiger partial charge >= 0.3 is 0 Å². The van der Waals surface area contributed by atoms with Crippen LogP contribution in [0.15, 0.2) is 23.1 Å². The number of hydrogen-bond donors (Lipinski definition) is 1. The molecule has 1 aliphatic heterocycles. The monoisotopic (exact) mass is 370 g/mol. The van der Waals surface area contributed by atoms with Gasteiger partial charge in [0.25, 0.3) is 0 Å². The largest absolute Gasteiger partial charge is 0.486 e. The second-order valence-electron chi connectivity index (χ2n) is 6.16. The smallest absolute Gasteiger partial charge is 0.241 e. The third-order valence-corrected chi connectivity index (χ3v) is 5.55. The first-order valence-corrected chi connectivity index (χ1v) is 9.99. The first kappa shape index (κ1) is 19.5. The van der Waals surface area contributed by atoms with Gasteiger partial charge in [-0.1, -0.05) is 13.8 Å². The van der Waals surface area contributed by atoms with E-state index in [0.29, 0.717) is 37.8 Å². The van der Waals surface area contributed by atoms with Gasteiger partial charge in [-0.25, -0.2) is 8.42 Å². The Morgan fingerprint density at radius 2 is 1.76 bits per heavy atom. The lowest BCUT2D eigenvalue weighted by atomic mass is 10.0. The Hall–Kier alpha value is -1.80. The van der Waals surface area contributed by atoms with Crippen molar-refractivity contribution in [2.45, 2.75) is 38.6 Å². The fourth-order valence-corrected chi connectivity index (χ4v) is 3.98. The van der Waals surface area contributed by atoms with Crippen LogP contribution in [0.5, 0.6) is 11.5 Å². The van der Waals surface area contributed by atoms with Crippen molar-refractivity contribution < 1.29 is 22.7 Å². The van der Waals surface area contributed by atoms with Crippen molar-refractivity contribution in [2.75, 3.05) is 26.3 Å². The third-order valence-electron chi connectivity index (χ3n) is 4.11. The van der Waals surface area contributed by atoms with E-state index in [4.69, 9.17) is 9.47 Å². The molecule has 0 saturated carbocycles. The summed E-state index contributed by atoms with van der Waals surface area (Å²) in [5.41, 5.74) is 0. The fraction of sp³-hybridized carbons (Fsp3) is 0.588. The lowest BCUT2D eigenvalue weighted by Gasteiger charge is -2.28. The van der Waals surface area contributed by atoms with E-state index in [2.05, 4.69) is 4.72 Å². The lowest BCUT2D eigenvalue weighted by Crippen LogP contribution is -2.51. The highest BCUT2D eigenvalue weighted by atomic mass is 32.2. The lowest BCUT2D eigenvalue weighted by molar-refractivity contribution is -0.133. The van der Waals surface area contributed by atoms with E-state index in [-0.39, 0.29) is 16.7 Å². The number of carbonyl (C=O) groups is 1. The van der Waals surface area contributed by atoms with Crippen molar-refractivity contribution in [3.05, 3.63) is 18.2 Å². The summed E-state index contributed by atoms with van der Waals surface area (Å²) in [5, 5.41) is 0. The van der Waals surface area contributed by atoms with Gasteiger partial charge in [0.1, 0.15) is 19.3 Å². The Morgan fingerprint density at radius 1 is 1.16 bits per heavy atom. The molecule has 1 atom stereocenters. The maximum Gasteiger partial charge on any atom is 0.241 e. The minimum Gasteiger partial charge on any atom is -0.486 e. The molecule has 1 aromatic carbocycles. The summed E-state index contributed by atoms with van der Waals surface area (Å²) < 4.78 is 38.9. The molecule has 1 aliphatic rings. The number of nitrogens with zero attached hydrogens (tertiary/aromatic N) is 1. The molecule has 2 rings (SSSR count). The number of rotatable bonds is 7. The van der Waals surface area contributed by atoms with E-state index in [1.807, 2.05) is 27.7 Å². The minimum atomic E-state index is -3.87. The summed E-state index contributed by atoms with van der Waals surface area (Å²) in [6.45, 7) is 9.25. The molecule has 0 radical (unpaired) electrons. The van der Waals surface area contributed by atoms with Gasteiger partial charge in [-0.3, -0.25) is 4.79 Å². The Morgan fingerprint density at radius 3 is 2.32 bits per heavy atom. The van der Waals surface area contributed by atoms with Gasteiger partial charge in [0.15, 0.2) is 11.5 Å². The van der Waals surface area contributed by atoms with E-state index in [1.54, 1.807) is 11.0 Å². The first-order valence-electron chi connectivity index (χ1n) is 8.50. The number of fused-ring (bicyclic) bond motifs is 1. The molecule has 0 fully saturated rings. The van der Waals surface area contributed by atoms with Crippen LogP contribution in [0.4, 0.5) is 0 Å². The summed E-state index contributed by atoms with van der Waals surface area (Å²) in [4.78, 5) is 14.3. The Balaban J connectivity index is 2.27. The normalized spacial score (nSPS) is 15.1. The maximum atomic E-state index is 12.8. The van der Waals surface area contributed by atoms with Crippen molar-refractivity contribution in [3.63, 3.8) is 0 Å². The Kier molecular flexibility index (Phi) is 6.29. The van der Waals surface area contributed by atoms with Crippen LogP contribution in [-0.2, 0) is 14.8 Å². The summed E-state index contributed by atoms with van der Waals surface area (Å²) in [6.07, 6.45) is 0. The Labute approximate surface area is 149 Å². The molecule has 1 amide bonds. The van der Waals surface area contributed by atoms with Gasteiger partial charge in [-0.05, 0) is 31.9 Å². The van der Waals surface area contributed by atoms with Gasteiger partial charge in [-0.15, -0.1) is 0 Å². The molecule has 8 heteroatoms. The molecule has 140 valence electrons. The highest BCUT2D eigenvalue weighted by molar-refractivity contribution is 7.89. The Bertz CT molecular complexity index is 714. The quantitative estimate of drug-likeness (QED) is 0.788. The molecule has 0 spiro atoms. The molecular formula is C17H26N2O5S. The van der Waals surface area contributed by atoms with Gasteiger partial charge in [0, 0.05) is 19.2 Å². The van der Waals surface area contributed by atoms with Crippen molar-refractivity contribution in [2.24, 2.45) is 5.92 Å². The number of amides is 1. The van der Waals surface area contributed by atoms with Crippen LogP contribution in [0.3, 0.4) is 0 Å². The molecule has 0 bridgehead atoms. The van der Waals surface area contributed by atoms with Gasteiger partial charge < -0.3 is 14.4 Å². The minimum absolute atomic E-state index is 0.0507. The van der Waals surface area contributed by atoms with Crippen LogP contribution in [0, 0.1) is 5.92 Å². The second-order valence-corrected chi connectivity index (χ2v) is 7.87. The van der Waals surface area contributed by atoms with Crippen molar-refractivity contribution >= 4 is 15.9 Å². The predicted molar refractivity (Wildman–Crippen MR) is 94.3 cm³/mol. The van der Waals surface area contributed by atoms with E-state index < -0.39 is 16.1 Å². The maximum absolute atomic E-state index is 12.8. The van der Waals surface area contributed by atoms with Crippen molar-refractivity contribution in [1.82, 2.24) is 9.62 Å². The summed E-state index contributed by atoms with van der Waals surface area (Å²) >= 11 is 0. The number of benzene rings is 1. The van der Waals surface area contributed by atoms with Gasteiger partial charge in [0.2, 0.25) is 15.9 Å².